The van der Waals surface area contributed by atoms with Gasteiger partial charge in [-0.1, -0.05) is 12.1 Å². The first-order valence-electron chi connectivity index (χ1n) is 4.85. The molecule has 0 aromatic rings. The molecule has 1 fully saturated rings. The van der Waals surface area contributed by atoms with Crippen molar-refractivity contribution in [2.75, 3.05) is 12.4 Å². The molecule has 0 amide bonds. The van der Waals surface area contributed by atoms with Crippen molar-refractivity contribution >= 4 is 17.6 Å². The smallest absolute Gasteiger partial charge is 0.142 e. The van der Waals surface area contributed by atoms with E-state index in [-0.39, 0.29) is 5.92 Å². The van der Waals surface area contributed by atoms with Gasteiger partial charge in [0.2, 0.25) is 0 Å². The molecule has 1 rings (SSSR count). The molecule has 0 aromatic heterocycles. The highest BCUT2D eigenvalue weighted by Crippen LogP contribution is 2.27. The fourth-order valence-electron chi connectivity index (χ4n) is 1.38. The number of rotatable bonds is 4. The lowest BCUT2D eigenvalue weighted by molar-refractivity contribution is 0.127. The fraction of sp³-hybridized carbons (Fsp3) is 0.889. The van der Waals surface area contributed by atoms with Crippen LogP contribution in [0.5, 0.6) is 0 Å². The fourth-order valence-corrected chi connectivity index (χ4v) is 2.70. The molecule has 3 unspecified atom stereocenters. The first-order valence-corrected chi connectivity index (χ1v) is 5.90. The van der Waals surface area contributed by atoms with Crippen molar-refractivity contribution in [3.63, 3.8) is 0 Å². The molecule has 14 heavy (non-hydrogen) atoms. The first-order chi connectivity index (χ1) is 6.65. The predicted octanol–water partition coefficient (Wildman–Crippen LogP) is 1.28. The third kappa shape index (κ3) is 3.06. The Morgan fingerprint density at radius 2 is 2.50 bits per heavy atom. The summed E-state index contributed by atoms with van der Waals surface area (Å²) in [5.41, 5.74) is 5.49. The van der Waals surface area contributed by atoms with Gasteiger partial charge in [0.25, 0.3) is 0 Å². The Morgan fingerprint density at radius 1 is 1.79 bits per heavy atom. The van der Waals surface area contributed by atoms with Gasteiger partial charge in [-0.3, -0.25) is 0 Å². The lowest BCUT2D eigenvalue weighted by Crippen LogP contribution is -2.25. The van der Waals surface area contributed by atoms with Crippen LogP contribution in [0.15, 0.2) is 5.16 Å². The molecule has 0 spiro atoms. The Hall–Kier alpha value is -0.420. The summed E-state index contributed by atoms with van der Waals surface area (Å²) in [6.07, 6.45) is 1.44. The van der Waals surface area contributed by atoms with Gasteiger partial charge in [-0.25, -0.2) is 0 Å². The second-order valence-corrected chi connectivity index (χ2v) is 4.93. The Balaban J connectivity index is 2.26. The van der Waals surface area contributed by atoms with Gasteiger partial charge in [-0.15, -0.1) is 0 Å². The summed E-state index contributed by atoms with van der Waals surface area (Å²) in [4.78, 5) is 0. The van der Waals surface area contributed by atoms with E-state index in [9.17, 15) is 0 Å². The average Bonchev–Trinajstić information content (AvgIpc) is 2.59. The Kier molecular flexibility index (Phi) is 4.54. The molecular weight excluding hydrogens is 200 g/mol. The molecule has 1 aliphatic heterocycles. The Bertz CT molecular complexity index is 211. The highest BCUT2D eigenvalue weighted by atomic mass is 32.2. The minimum absolute atomic E-state index is 0.123. The highest BCUT2D eigenvalue weighted by molar-refractivity contribution is 8.00. The third-order valence-electron chi connectivity index (χ3n) is 2.49. The van der Waals surface area contributed by atoms with E-state index in [4.69, 9.17) is 15.7 Å². The van der Waals surface area contributed by atoms with Crippen LogP contribution in [0.4, 0.5) is 0 Å². The van der Waals surface area contributed by atoms with Gasteiger partial charge < -0.3 is 15.7 Å². The van der Waals surface area contributed by atoms with Crippen LogP contribution in [-0.2, 0) is 4.74 Å². The van der Waals surface area contributed by atoms with Gasteiger partial charge in [0, 0.05) is 23.5 Å². The van der Waals surface area contributed by atoms with E-state index in [0.717, 1.165) is 18.8 Å². The molecule has 0 radical (unpaired) electrons. The normalized spacial score (nSPS) is 30.6. The zero-order chi connectivity index (χ0) is 10.6. The summed E-state index contributed by atoms with van der Waals surface area (Å²) < 4.78 is 5.45. The first kappa shape index (κ1) is 11.7. The molecule has 0 aromatic carbocycles. The number of amidine groups is 1. The van der Waals surface area contributed by atoms with Gasteiger partial charge in [-0.05, 0) is 13.3 Å². The lowest BCUT2D eigenvalue weighted by Gasteiger charge is -2.16. The molecule has 0 aliphatic carbocycles. The SMILES string of the molecule is CC(CSC1CCOC1C)C(N)=NO. The summed E-state index contributed by atoms with van der Waals surface area (Å²) >= 11 is 1.85. The second-order valence-electron chi connectivity index (χ2n) is 3.66. The quantitative estimate of drug-likeness (QED) is 0.323. The summed E-state index contributed by atoms with van der Waals surface area (Å²) in [6, 6.07) is 0. The average molecular weight is 218 g/mol. The zero-order valence-electron chi connectivity index (χ0n) is 8.64. The largest absolute Gasteiger partial charge is 0.409 e. The van der Waals surface area contributed by atoms with Crippen molar-refractivity contribution in [1.29, 1.82) is 0 Å². The van der Waals surface area contributed by atoms with Gasteiger partial charge >= 0.3 is 0 Å². The van der Waals surface area contributed by atoms with E-state index in [1.54, 1.807) is 0 Å². The number of nitrogens with two attached hydrogens (primary N) is 1. The van der Waals surface area contributed by atoms with E-state index in [1.165, 1.54) is 0 Å². The van der Waals surface area contributed by atoms with Crippen molar-refractivity contribution in [1.82, 2.24) is 0 Å². The zero-order valence-corrected chi connectivity index (χ0v) is 9.46. The van der Waals surface area contributed by atoms with Crippen LogP contribution in [0, 0.1) is 5.92 Å². The molecule has 82 valence electrons. The van der Waals surface area contributed by atoms with Gasteiger partial charge in [0.05, 0.1) is 6.10 Å². The highest BCUT2D eigenvalue weighted by Gasteiger charge is 2.25. The summed E-state index contributed by atoms with van der Waals surface area (Å²) in [5.74, 6) is 1.32. The maximum atomic E-state index is 8.48. The third-order valence-corrected chi connectivity index (χ3v) is 4.23. The summed E-state index contributed by atoms with van der Waals surface area (Å²) in [6.45, 7) is 4.91. The number of thioether (sulfide) groups is 1. The Morgan fingerprint density at radius 3 is 3.00 bits per heavy atom. The van der Waals surface area contributed by atoms with E-state index in [0.29, 0.717) is 17.2 Å². The lowest BCUT2D eigenvalue weighted by atomic mass is 10.2. The van der Waals surface area contributed by atoms with Crippen LogP contribution in [-0.4, -0.2) is 34.8 Å². The number of hydrogen-bond acceptors (Lipinski definition) is 4. The van der Waals surface area contributed by atoms with Crippen molar-refractivity contribution in [2.24, 2.45) is 16.8 Å². The van der Waals surface area contributed by atoms with E-state index >= 15 is 0 Å². The van der Waals surface area contributed by atoms with Gasteiger partial charge in [-0.2, -0.15) is 11.8 Å². The van der Waals surface area contributed by atoms with Gasteiger partial charge in [0.1, 0.15) is 5.84 Å². The summed E-state index contributed by atoms with van der Waals surface area (Å²) in [7, 11) is 0. The predicted molar refractivity (Wildman–Crippen MR) is 58.8 cm³/mol. The molecule has 3 N–H and O–H groups in total. The van der Waals surface area contributed by atoms with Crippen LogP contribution in [0.1, 0.15) is 20.3 Å². The van der Waals surface area contributed by atoms with Crippen LogP contribution in [0.3, 0.4) is 0 Å². The van der Waals surface area contributed by atoms with E-state index in [1.807, 2.05) is 18.7 Å². The van der Waals surface area contributed by atoms with Crippen LogP contribution >= 0.6 is 11.8 Å². The molecule has 3 atom stereocenters. The van der Waals surface area contributed by atoms with E-state index in [2.05, 4.69) is 12.1 Å². The molecule has 5 heteroatoms. The maximum absolute atomic E-state index is 8.48. The van der Waals surface area contributed by atoms with Crippen LogP contribution in [0.25, 0.3) is 0 Å². The van der Waals surface area contributed by atoms with Crippen molar-refractivity contribution < 1.29 is 9.94 Å². The van der Waals surface area contributed by atoms with Crippen molar-refractivity contribution in [3.05, 3.63) is 0 Å². The van der Waals surface area contributed by atoms with Crippen molar-refractivity contribution in [2.45, 2.75) is 31.6 Å². The standard InChI is InChI=1S/C9H18N2O2S/c1-6(9(10)11-12)5-14-8-3-4-13-7(8)2/h6-8,12H,3-5H2,1-2H3,(H2,10,11). The Labute approximate surface area is 88.9 Å². The monoisotopic (exact) mass is 218 g/mol. The second kappa shape index (κ2) is 5.46. The molecular formula is C9H18N2O2S. The molecule has 1 saturated heterocycles. The van der Waals surface area contributed by atoms with Crippen LogP contribution < -0.4 is 5.73 Å². The molecule has 1 heterocycles. The topological polar surface area (TPSA) is 67.8 Å². The summed E-state index contributed by atoms with van der Waals surface area (Å²) in [5, 5.41) is 12.0. The molecule has 4 nitrogen and oxygen atoms in total. The molecule has 0 saturated carbocycles. The number of hydrogen-bond donors (Lipinski definition) is 2. The maximum Gasteiger partial charge on any atom is 0.142 e. The van der Waals surface area contributed by atoms with Crippen molar-refractivity contribution in [3.8, 4) is 0 Å². The molecule has 1 aliphatic rings. The minimum Gasteiger partial charge on any atom is -0.409 e. The van der Waals surface area contributed by atoms with Crippen LogP contribution in [0.2, 0.25) is 0 Å². The van der Waals surface area contributed by atoms with Gasteiger partial charge in [0.15, 0.2) is 0 Å². The van der Waals surface area contributed by atoms with E-state index < -0.39 is 0 Å². The number of oxime groups is 1. The number of nitrogens with zero attached hydrogens (tertiary/aromatic N) is 1. The molecule has 0 bridgehead atoms. The number of ether oxygens (including phenoxy) is 1. The minimum atomic E-state index is 0.123.